The minimum absolute atomic E-state index is 0.0333. The normalized spacial score (nSPS) is 15.0. The van der Waals surface area contributed by atoms with E-state index in [1.54, 1.807) is 6.20 Å². The molecule has 3 heterocycles. The number of hydrogen-bond donors (Lipinski definition) is 1. The van der Waals surface area contributed by atoms with Crippen molar-refractivity contribution in [1.82, 2.24) is 19.8 Å². The number of likely N-dealkylation sites (N-methyl/N-ethyl adjacent to an activating group) is 1. The maximum atomic E-state index is 12.6. The fraction of sp³-hybridized carbons (Fsp3) is 0.423. The van der Waals surface area contributed by atoms with Gasteiger partial charge in [0.05, 0.1) is 12.1 Å². The van der Waals surface area contributed by atoms with Gasteiger partial charge < -0.3 is 15.1 Å². The summed E-state index contributed by atoms with van der Waals surface area (Å²) in [6, 6.07) is 12.4. The lowest BCUT2D eigenvalue weighted by Gasteiger charge is -2.32. The third kappa shape index (κ3) is 7.19. The van der Waals surface area contributed by atoms with E-state index in [-0.39, 0.29) is 5.91 Å². The summed E-state index contributed by atoms with van der Waals surface area (Å²) in [5, 5.41) is 5.54. The molecule has 1 N–H and O–H groups in total. The average Bonchev–Trinajstić information content (AvgIpc) is 3.26. The van der Waals surface area contributed by atoms with E-state index < -0.39 is 0 Å². The quantitative estimate of drug-likeness (QED) is 0.481. The van der Waals surface area contributed by atoms with Gasteiger partial charge in [-0.2, -0.15) is 0 Å². The number of carbonyl (C=O) groups excluding carboxylic acids is 1. The summed E-state index contributed by atoms with van der Waals surface area (Å²) in [5.41, 5.74) is 5.18. The molecule has 0 saturated carbocycles. The monoisotopic (exact) mass is 463 g/mol. The van der Waals surface area contributed by atoms with E-state index >= 15 is 0 Å². The highest BCUT2D eigenvalue weighted by Gasteiger charge is 2.13. The summed E-state index contributed by atoms with van der Waals surface area (Å²) in [7, 11) is 2.20. The number of aromatic nitrogens is 2. The Bertz CT molecular complexity index is 1060. The number of rotatable bonds is 9. The predicted octanol–water partition coefficient (Wildman–Crippen LogP) is 4.26. The minimum Gasteiger partial charge on any atom is -0.304 e. The number of nitrogens with one attached hydrogen (secondary N) is 1. The van der Waals surface area contributed by atoms with E-state index in [1.165, 1.54) is 62.5 Å². The molecule has 3 aromatic rings. The lowest BCUT2D eigenvalue weighted by Crippen LogP contribution is -2.44. The summed E-state index contributed by atoms with van der Waals surface area (Å²) in [6.45, 7) is 7.87. The molecule has 2 aromatic heterocycles. The molecule has 174 valence electrons. The Kier molecular flexibility index (Phi) is 8.20. The highest BCUT2D eigenvalue weighted by molar-refractivity contribution is 7.14. The van der Waals surface area contributed by atoms with Crippen LogP contribution in [-0.2, 0) is 17.6 Å². The topological polar surface area (TPSA) is 61.4 Å². The van der Waals surface area contributed by atoms with Gasteiger partial charge in [-0.1, -0.05) is 24.3 Å². The first-order valence-electron chi connectivity index (χ1n) is 11.7. The van der Waals surface area contributed by atoms with Crippen molar-refractivity contribution < 1.29 is 4.79 Å². The lowest BCUT2D eigenvalue weighted by molar-refractivity contribution is -0.115. The van der Waals surface area contributed by atoms with Gasteiger partial charge in [0.2, 0.25) is 5.91 Å². The van der Waals surface area contributed by atoms with Gasteiger partial charge in [-0.25, -0.2) is 4.98 Å². The van der Waals surface area contributed by atoms with E-state index in [4.69, 9.17) is 0 Å². The number of pyridine rings is 1. The first-order chi connectivity index (χ1) is 16.0. The van der Waals surface area contributed by atoms with Crippen LogP contribution in [0.1, 0.15) is 29.7 Å². The van der Waals surface area contributed by atoms with E-state index in [9.17, 15) is 4.79 Å². The molecule has 1 saturated heterocycles. The second-order valence-corrected chi connectivity index (χ2v) is 9.73. The highest BCUT2D eigenvalue weighted by atomic mass is 32.1. The maximum Gasteiger partial charge on any atom is 0.230 e. The van der Waals surface area contributed by atoms with Crippen LogP contribution < -0.4 is 5.32 Å². The number of benzene rings is 1. The van der Waals surface area contributed by atoms with E-state index in [1.807, 2.05) is 30.5 Å². The van der Waals surface area contributed by atoms with Gasteiger partial charge in [-0.05, 0) is 63.0 Å². The smallest absolute Gasteiger partial charge is 0.230 e. The predicted molar refractivity (Wildman–Crippen MR) is 136 cm³/mol. The van der Waals surface area contributed by atoms with Crippen molar-refractivity contribution in [2.45, 2.75) is 32.6 Å². The number of amides is 1. The third-order valence-electron chi connectivity index (χ3n) is 6.08. The highest BCUT2D eigenvalue weighted by Crippen LogP contribution is 2.25. The molecular weight excluding hydrogens is 430 g/mol. The number of piperazine rings is 1. The molecule has 1 aliphatic heterocycles. The van der Waals surface area contributed by atoms with Crippen molar-refractivity contribution in [2.75, 3.05) is 45.1 Å². The molecule has 0 unspecified atom stereocenters. The molecule has 1 aromatic carbocycles. The molecule has 1 amide bonds. The van der Waals surface area contributed by atoms with Gasteiger partial charge in [-0.3, -0.25) is 9.78 Å². The van der Waals surface area contributed by atoms with Crippen molar-refractivity contribution in [3.63, 3.8) is 0 Å². The van der Waals surface area contributed by atoms with Gasteiger partial charge in [0, 0.05) is 49.0 Å². The summed E-state index contributed by atoms with van der Waals surface area (Å²) in [6.07, 6.45) is 5.60. The standard InChI is InChI=1S/C26H33N5OS/c1-20-16-23(9-10-27-20)24-19-33-26(28-24)29-25(32)18-22-8-5-7-21(17-22)6-3-4-11-31-14-12-30(2)13-15-31/h5,7-10,16-17,19H,3-4,6,11-15,18H2,1-2H3,(H,28,29,32). The van der Waals surface area contributed by atoms with Crippen molar-refractivity contribution in [1.29, 1.82) is 0 Å². The van der Waals surface area contributed by atoms with Gasteiger partial charge >= 0.3 is 0 Å². The van der Waals surface area contributed by atoms with Gasteiger partial charge in [0.1, 0.15) is 0 Å². The fourth-order valence-corrected chi connectivity index (χ4v) is 4.88. The van der Waals surface area contributed by atoms with Crippen LogP contribution in [0.5, 0.6) is 0 Å². The Labute approximate surface area is 200 Å². The zero-order valence-corrected chi connectivity index (χ0v) is 20.4. The summed E-state index contributed by atoms with van der Waals surface area (Å²) >= 11 is 1.45. The minimum atomic E-state index is -0.0333. The van der Waals surface area contributed by atoms with Crippen LogP contribution in [0.25, 0.3) is 11.3 Å². The number of hydrogen-bond acceptors (Lipinski definition) is 6. The zero-order valence-electron chi connectivity index (χ0n) is 19.6. The van der Waals surface area contributed by atoms with Crippen LogP contribution in [0.15, 0.2) is 48.0 Å². The van der Waals surface area contributed by atoms with Crippen molar-refractivity contribution in [3.8, 4) is 11.3 Å². The number of nitrogens with zero attached hydrogens (tertiary/aromatic N) is 4. The fourth-order valence-electron chi connectivity index (χ4n) is 4.15. The second-order valence-electron chi connectivity index (χ2n) is 8.87. The Morgan fingerprint density at radius 1 is 1.09 bits per heavy atom. The Balaban J connectivity index is 1.23. The molecule has 0 atom stereocenters. The molecule has 4 rings (SSSR count). The number of anilines is 1. The summed E-state index contributed by atoms with van der Waals surface area (Å²) < 4.78 is 0. The number of carbonyl (C=O) groups is 1. The summed E-state index contributed by atoms with van der Waals surface area (Å²) in [5.74, 6) is -0.0333. The third-order valence-corrected chi connectivity index (χ3v) is 6.84. The molecule has 33 heavy (non-hydrogen) atoms. The lowest BCUT2D eigenvalue weighted by atomic mass is 10.0. The largest absolute Gasteiger partial charge is 0.304 e. The number of aryl methyl sites for hydroxylation is 2. The van der Waals surface area contributed by atoms with Gasteiger partial charge in [0.15, 0.2) is 5.13 Å². The second kappa shape index (κ2) is 11.5. The molecule has 1 aliphatic rings. The Hall–Kier alpha value is -2.61. The van der Waals surface area contributed by atoms with Crippen LogP contribution in [0, 0.1) is 6.92 Å². The molecule has 6 nitrogen and oxygen atoms in total. The Morgan fingerprint density at radius 2 is 1.91 bits per heavy atom. The SMILES string of the molecule is Cc1cc(-c2csc(NC(=O)Cc3cccc(CCCCN4CCN(C)CC4)c3)n2)ccn1. The average molecular weight is 464 g/mol. The molecule has 1 fully saturated rings. The van der Waals surface area contributed by atoms with Crippen molar-refractivity contribution in [3.05, 3.63) is 64.8 Å². The van der Waals surface area contributed by atoms with Gasteiger partial charge in [-0.15, -0.1) is 11.3 Å². The van der Waals surface area contributed by atoms with E-state index in [2.05, 4.69) is 50.3 Å². The van der Waals surface area contributed by atoms with Crippen LogP contribution in [-0.4, -0.2) is 65.4 Å². The number of unbranched alkanes of at least 4 members (excludes halogenated alkanes) is 1. The van der Waals surface area contributed by atoms with Crippen molar-refractivity contribution in [2.24, 2.45) is 0 Å². The molecular formula is C26H33N5OS. The first kappa shape index (κ1) is 23.5. The number of thiazole rings is 1. The summed E-state index contributed by atoms with van der Waals surface area (Å²) in [4.78, 5) is 26.3. The van der Waals surface area contributed by atoms with Crippen molar-refractivity contribution >= 4 is 22.4 Å². The van der Waals surface area contributed by atoms with E-state index in [0.29, 0.717) is 11.6 Å². The maximum absolute atomic E-state index is 12.6. The molecule has 0 radical (unpaired) electrons. The molecule has 7 heteroatoms. The molecule has 0 bridgehead atoms. The molecule has 0 aliphatic carbocycles. The van der Waals surface area contributed by atoms with Crippen LogP contribution >= 0.6 is 11.3 Å². The van der Waals surface area contributed by atoms with E-state index in [0.717, 1.165) is 28.9 Å². The first-order valence-corrected chi connectivity index (χ1v) is 12.6. The zero-order chi connectivity index (χ0) is 23.0. The molecule has 0 spiro atoms. The van der Waals surface area contributed by atoms with Gasteiger partial charge in [0.25, 0.3) is 0 Å². The van der Waals surface area contributed by atoms with Crippen LogP contribution in [0.4, 0.5) is 5.13 Å². The van der Waals surface area contributed by atoms with Crippen LogP contribution in [0.3, 0.4) is 0 Å². The Morgan fingerprint density at radius 3 is 2.73 bits per heavy atom. The van der Waals surface area contributed by atoms with Crippen LogP contribution in [0.2, 0.25) is 0 Å².